The number of benzene rings is 1. The number of ether oxygens (including phenoxy) is 1. The lowest BCUT2D eigenvalue weighted by Crippen LogP contribution is -2.33. The molecule has 1 aromatic heterocycles. The van der Waals surface area contributed by atoms with Gasteiger partial charge in [0.25, 0.3) is 0 Å². The lowest BCUT2D eigenvalue weighted by molar-refractivity contribution is -0.692. The van der Waals surface area contributed by atoms with Gasteiger partial charge in [-0.1, -0.05) is 30.4 Å². The van der Waals surface area contributed by atoms with Gasteiger partial charge < -0.3 is 15.8 Å². The predicted octanol–water partition coefficient (Wildman–Crippen LogP) is 4.85. The summed E-state index contributed by atoms with van der Waals surface area (Å²) in [6.45, 7) is 7.93. The van der Waals surface area contributed by atoms with Crippen LogP contribution in [0.3, 0.4) is 0 Å². The monoisotopic (exact) mass is 410 g/mol. The van der Waals surface area contributed by atoms with Crippen LogP contribution in [-0.2, 0) is 11.3 Å². The average Bonchev–Trinajstić information content (AvgIpc) is 2.73. The zero-order chi connectivity index (χ0) is 20.9. The van der Waals surface area contributed by atoms with Gasteiger partial charge in [-0.2, -0.15) is 0 Å². The van der Waals surface area contributed by atoms with E-state index in [1.165, 1.54) is 5.56 Å². The Morgan fingerprint density at radius 3 is 2.38 bits per heavy atom. The van der Waals surface area contributed by atoms with E-state index in [4.69, 9.17) is 10.5 Å². The number of nitrogens with one attached hydrogen (secondary N) is 1. The normalized spacial score (nSPS) is 12.4. The lowest BCUT2D eigenvalue weighted by atomic mass is 10.1. The highest BCUT2D eigenvalue weighted by atomic mass is 32.2. The summed E-state index contributed by atoms with van der Waals surface area (Å²) in [5, 5.41) is 3.32. The maximum Gasteiger partial charge on any atom is 0.169 e. The summed E-state index contributed by atoms with van der Waals surface area (Å²) in [5.41, 5.74) is 9.87. The number of anilines is 1. The van der Waals surface area contributed by atoms with Crippen LogP contribution in [0.2, 0.25) is 0 Å². The van der Waals surface area contributed by atoms with Gasteiger partial charge in [0, 0.05) is 24.4 Å². The summed E-state index contributed by atoms with van der Waals surface area (Å²) in [6, 6.07) is 12.1. The molecule has 154 valence electrons. The topological polar surface area (TPSA) is 51.2 Å². The van der Waals surface area contributed by atoms with Crippen molar-refractivity contribution in [2.45, 2.75) is 27.3 Å². The Kier molecular flexibility index (Phi) is 9.93. The van der Waals surface area contributed by atoms with E-state index in [2.05, 4.69) is 53.5 Å². The number of nitrogen functional groups attached to an aromatic ring is 1. The average molecular weight is 411 g/mol. The van der Waals surface area contributed by atoms with E-state index in [-0.39, 0.29) is 0 Å². The highest BCUT2D eigenvalue weighted by molar-refractivity contribution is 7.99. The van der Waals surface area contributed by atoms with Crippen LogP contribution in [0.5, 0.6) is 0 Å². The van der Waals surface area contributed by atoms with Crippen LogP contribution in [-0.4, -0.2) is 18.2 Å². The number of hydrogen-bond donors (Lipinski definition) is 2. The highest BCUT2D eigenvalue weighted by Crippen LogP contribution is 2.11. The van der Waals surface area contributed by atoms with E-state index in [0.717, 1.165) is 41.5 Å². The van der Waals surface area contributed by atoms with Crippen LogP contribution in [0.1, 0.15) is 31.9 Å². The molecular formula is C24H32N3OS+. The fraction of sp³-hybridized carbons (Fsp3) is 0.292. The molecule has 2 rings (SSSR count). The fourth-order valence-electron chi connectivity index (χ4n) is 2.62. The Hall–Kier alpha value is -2.66. The van der Waals surface area contributed by atoms with E-state index in [1.807, 2.05) is 50.3 Å². The number of thioether (sulfide) groups is 1. The second-order valence-electron chi connectivity index (χ2n) is 6.54. The molecule has 0 atom stereocenters. The summed E-state index contributed by atoms with van der Waals surface area (Å²) in [5.74, 6) is 2.59. The van der Waals surface area contributed by atoms with Gasteiger partial charge in [0.2, 0.25) is 0 Å². The fourth-order valence-corrected chi connectivity index (χ4v) is 3.34. The maximum absolute atomic E-state index is 5.85. The molecule has 0 amide bonds. The van der Waals surface area contributed by atoms with Crippen molar-refractivity contribution in [2.75, 3.05) is 24.0 Å². The van der Waals surface area contributed by atoms with E-state index < -0.39 is 0 Å². The molecule has 0 aliphatic rings. The molecule has 0 aliphatic heterocycles. The highest BCUT2D eigenvalue weighted by Gasteiger charge is 2.02. The number of allylic oxidation sites excluding steroid dienone is 3. The van der Waals surface area contributed by atoms with E-state index in [1.54, 1.807) is 11.8 Å². The molecule has 29 heavy (non-hydrogen) atoms. The minimum Gasteiger partial charge on any atom is -0.485 e. The molecule has 0 spiro atoms. The van der Waals surface area contributed by atoms with Crippen LogP contribution in [0, 0.1) is 0 Å². The molecule has 0 radical (unpaired) electrons. The van der Waals surface area contributed by atoms with Crippen molar-refractivity contribution in [3.05, 3.63) is 83.5 Å². The van der Waals surface area contributed by atoms with Crippen LogP contribution in [0.25, 0.3) is 12.2 Å². The maximum atomic E-state index is 5.85. The third kappa shape index (κ3) is 8.48. The molecule has 4 nitrogen and oxygen atoms in total. The van der Waals surface area contributed by atoms with E-state index in [0.29, 0.717) is 5.94 Å². The van der Waals surface area contributed by atoms with Crippen molar-refractivity contribution in [1.82, 2.24) is 5.32 Å². The molecule has 1 aromatic carbocycles. The van der Waals surface area contributed by atoms with Gasteiger partial charge in [0.05, 0.1) is 11.4 Å². The third-order valence-electron chi connectivity index (χ3n) is 4.25. The van der Waals surface area contributed by atoms with Gasteiger partial charge in [-0.25, -0.2) is 4.57 Å². The van der Waals surface area contributed by atoms with Gasteiger partial charge >= 0.3 is 0 Å². The van der Waals surface area contributed by atoms with Crippen molar-refractivity contribution in [3.63, 3.8) is 0 Å². The summed E-state index contributed by atoms with van der Waals surface area (Å²) in [6.07, 6.45) is 12.5. The van der Waals surface area contributed by atoms with Crippen molar-refractivity contribution in [1.29, 1.82) is 0 Å². The zero-order valence-corrected chi connectivity index (χ0v) is 18.4. The van der Waals surface area contributed by atoms with Gasteiger partial charge in [-0.05, 0) is 50.1 Å². The molecule has 0 unspecified atom stereocenters. The van der Waals surface area contributed by atoms with Crippen molar-refractivity contribution in [3.8, 4) is 0 Å². The molecular weight excluding hydrogens is 378 g/mol. The summed E-state index contributed by atoms with van der Waals surface area (Å²) in [4.78, 5) is 0. The van der Waals surface area contributed by atoms with E-state index in [9.17, 15) is 0 Å². The van der Waals surface area contributed by atoms with Crippen LogP contribution in [0.4, 0.5) is 5.69 Å². The Morgan fingerprint density at radius 1 is 1.10 bits per heavy atom. The van der Waals surface area contributed by atoms with Crippen molar-refractivity contribution < 1.29 is 9.30 Å². The van der Waals surface area contributed by atoms with Gasteiger partial charge in [0.15, 0.2) is 18.9 Å². The lowest BCUT2D eigenvalue weighted by Gasteiger charge is -2.11. The molecule has 0 saturated carbocycles. The molecule has 2 aromatic rings. The molecule has 0 bridgehead atoms. The minimum absolute atomic E-state index is 0.654. The predicted molar refractivity (Wildman–Crippen MR) is 126 cm³/mol. The molecule has 1 heterocycles. The number of likely N-dealkylation sites (N-methyl/N-ethyl adjacent to an activating group) is 1. The number of hydrogen-bond acceptors (Lipinski definition) is 4. The Morgan fingerprint density at radius 2 is 1.76 bits per heavy atom. The first-order valence-corrected chi connectivity index (χ1v) is 11.1. The molecule has 5 heteroatoms. The molecule has 0 saturated heterocycles. The Balaban J connectivity index is 1.74. The number of rotatable bonds is 11. The summed E-state index contributed by atoms with van der Waals surface area (Å²) >= 11 is 1.79. The smallest absolute Gasteiger partial charge is 0.169 e. The SMILES string of the molecule is C/C=C\C(NCC)=C(/C)OCSCC[n+]1ccc(/C=C/c2ccc(N)cc2)cc1. The molecule has 0 fully saturated rings. The van der Waals surface area contributed by atoms with Gasteiger partial charge in [-0.3, -0.25) is 0 Å². The number of aryl methyl sites for hydroxylation is 1. The number of pyridine rings is 1. The molecule has 0 aliphatic carbocycles. The number of aromatic nitrogens is 1. The Labute approximate surface area is 179 Å². The van der Waals surface area contributed by atoms with E-state index >= 15 is 0 Å². The largest absolute Gasteiger partial charge is 0.485 e. The number of nitrogens with zero attached hydrogens (tertiary/aromatic N) is 1. The Bertz CT molecular complexity index is 824. The first kappa shape index (κ1) is 22.6. The first-order valence-electron chi connectivity index (χ1n) is 9.93. The van der Waals surface area contributed by atoms with Crippen LogP contribution >= 0.6 is 11.8 Å². The quantitative estimate of drug-likeness (QED) is 0.139. The standard InChI is InChI=1S/C24H31N3OS/c1-4-6-24(26-5-2)20(3)28-19-29-18-17-27-15-13-22(14-16-27)8-7-21-9-11-23(25)12-10-21/h4,6-16,25-26H,5,17-19H2,1-3H3/p+1/b6-4-,24-20-. The zero-order valence-electron chi connectivity index (χ0n) is 17.6. The summed E-state index contributed by atoms with van der Waals surface area (Å²) < 4.78 is 8.04. The van der Waals surface area contributed by atoms with Gasteiger partial charge in [-0.15, -0.1) is 11.8 Å². The third-order valence-corrected chi connectivity index (χ3v) is 5.01. The van der Waals surface area contributed by atoms with Gasteiger partial charge in [0.1, 0.15) is 11.7 Å². The first-order chi connectivity index (χ1) is 14.1. The summed E-state index contributed by atoms with van der Waals surface area (Å²) in [7, 11) is 0. The number of nitrogens with two attached hydrogens (primary N) is 1. The van der Waals surface area contributed by atoms with Crippen molar-refractivity contribution in [2.24, 2.45) is 0 Å². The minimum atomic E-state index is 0.654. The molecule has 3 N–H and O–H groups in total. The second-order valence-corrected chi connectivity index (χ2v) is 7.59. The second kappa shape index (κ2) is 12.7. The van der Waals surface area contributed by atoms with Crippen LogP contribution in [0.15, 0.2) is 72.4 Å². The van der Waals surface area contributed by atoms with Crippen LogP contribution < -0.4 is 15.6 Å². The van der Waals surface area contributed by atoms with Crippen molar-refractivity contribution >= 4 is 29.6 Å².